The third-order valence-electron chi connectivity index (χ3n) is 2.26. The van der Waals surface area contributed by atoms with Crippen molar-refractivity contribution in [2.45, 2.75) is 25.9 Å². The van der Waals surface area contributed by atoms with Gasteiger partial charge in [0.25, 0.3) is 0 Å². The molecule has 0 saturated heterocycles. The van der Waals surface area contributed by atoms with E-state index in [0.29, 0.717) is 0 Å². The molecule has 0 unspecified atom stereocenters. The Hall–Kier alpha value is -1.42. The number of aliphatic hydroxyl groups excluding tert-OH is 1. The Morgan fingerprint density at radius 3 is 3.14 bits per heavy atom. The van der Waals surface area contributed by atoms with Gasteiger partial charge in [-0.1, -0.05) is 24.6 Å². The summed E-state index contributed by atoms with van der Waals surface area (Å²) in [4.78, 5) is 0. The zero-order valence-electron chi connectivity index (χ0n) is 8.09. The van der Waals surface area contributed by atoms with E-state index >= 15 is 0 Å². The summed E-state index contributed by atoms with van der Waals surface area (Å²) in [6.45, 7) is 2.05. The molecule has 74 valence electrons. The molecule has 0 fully saturated rings. The highest BCUT2D eigenvalue weighted by molar-refractivity contribution is 5.44. The molecule has 1 atom stereocenters. The summed E-state index contributed by atoms with van der Waals surface area (Å²) in [5, 5.41) is 17.6. The lowest BCUT2D eigenvalue weighted by Crippen LogP contribution is -2.05. The first-order valence-corrected chi connectivity index (χ1v) is 4.80. The number of rotatable bonds is 3. The lowest BCUT2D eigenvalue weighted by Gasteiger charge is -2.10. The zero-order valence-corrected chi connectivity index (χ0v) is 8.09. The Morgan fingerprint density at radius 2 is 2.36 bits per heavy atom. The molecule has 0 aromatic carbocycles. The van der Waals surface area contributed by atoms with Crippen LogP contribution in [0.3, 0.4) is 0 Å². The summed E-state index contributed by atoms with van der Waals surface area (Å²) in [7, 11) is 0. The summed E-state index contributed by atoms with van der Waals surface area (Å²) in [5.74, 6) is 0. The van der Waals surface area contributed by atoms with Gasteiger partial charge in [0, 0.05) is 0 Å². The molecule has 0 amide bonds. The first kappa shape index (κ1) is 9.15. The zero-order chi connectivity index (χ0) is 9.97. The van der Waals surface area contributed by atoms with Gasteiger partial charge in [0.15, 0.2) is 0 Å². The predicted molar refractivity (Wildman–Crippen MR) is 52.9 cm³/mol. The number of aromatic nitrogens is 3. The second-order valence-corrected chi connectivity index (χ2v) is 3.33. The summed E-state index contributed by atoms with van der Waals surface area (Å²) >= 11 is 0. The molecule has 0 saturated carbocycles. The van der Waals surface area contributed by atoms with E-state index in [0.717, 1.165) is 24.1 Å². The first-order chi connectivity index (χ1) is 6.83. The van der Waals surface area contributed by atoms with Crippen molar-refractivity contribution >= 4 is 5.52 Å². The van der Waals surface area contributed by atoms with Crippen molar-refractivity contribution < 1.29 is 5.11 Å². The average Bonchev–Trinajstić information content (AvgIpc) is 2.65. The first-order valence-electron chi connectivity index (χ1n) is 4.80. The Morgan fingerprint density at radius 1 is 1.50 bits per heavy atom. The molecule has 0 radical (unpaired) electrons. The van der Waals surface area contributed by atoms with Crippen LogP contribution in [0.2, 0.25) is 0 Å². The van der Waals surface area contributed by atoms with Crippen LogP contribution in [-0.4, -0.2) is 19.9 Å². The molecule has 0 bridgehead atoms. The second-order valence-electron chi connectivity index (χ2n) is 3.33. The van der Waals surface area contributed by atoms with Crippen LogP contribution < -0.4 is 0 Å². The van der Waals surface area contributed by atoms with E-state index in [1.807, 2.05) is 25.1 Å². The molecule has 4 heteroatoms. The fourth-order valence-corrected chi connectivity index (χ4v) is 1.55. The Kier molecular flexibility index (Phi) is 2.45. The Labute approximate surface area is 82.2 Å². The minimum Gasteiger partial charge on any atom is -0.387 e. The highest BCUT2D eigenvalue weighted by Gasteiger charge is 2.10. The monoisotopic (exact) mass is 191 g/mol. The second kappa shape index (κ2) is 3.75. The van der Waals surface area contributed by atoms with Gasteiger partial charge in [0.05, 0.1) is 23.5 Å². The van der Waals surface area contributed by atoms with Gasteiger partial charge in [-0.3, -0.25) is 0 Å². The van der Waals surface area contributed by atoms with E-state index in [1.165, 1.54) is 0 Å². The highest BCUT2D eigenvalue weighted by atomic mass is 16.3. The van der Waals surface area contributed by atoms with Gasteiger partial charge < -0.3 is 5.11 Å². The predicted octanol–water partition coefficient (Wildman–Crippen LogP) is 1.56. The maximum Gasteiger partial charge on any atom is 0.0961 e. The molecule has 14 heavy (non-hydrogen) atoms. The van der Waals surface area contributed by atoms with Gasteiger partial charge in [-0.05, 0) is 18.6 Å². The maximum atomic E-state index is 9.85. The van der Waals surface area contributed by atoms with Crippen LogP contribution in [0.1, 0.15) is 31.6 Å². The van der Waals surface area contributed by atoms with Crippen molar-refractivity contribution in [1.82, 2.24) is 14.8 Å². The largest absolute Gasteiger partial charge is 0.387 e. The minimum absolute atomic E-state index is 0.453. The molecular weight excluding hydrogens is 178 g/mol. The van der Waals surface area contributed by atoms with Crippen LogP contribution >= 0.6 is 0 Å². The average molecular weight is 191 g/mol. The van der Waals surface area contributed by atoms with Crippen molar-refractivity contribution in [3.8, 4) is 0 Å². The summed E-state index contributed by atoms with van der Waals surface area (Å²) in [6.07, 6.45) is 2.93. The van der Waals surface area contributed by atoms with Gasteiger partial charge in [0.2, 0.25) is 0 Å². The van der Waals surface area contributed by atoms with Gasteiger partial charge in [0.1, 0.15) is 0 Å². The summed E-state index contributed by atoms with van der Waals surface area (Å²) in [5.41, 5.74) is 1.72. The molecule has 2 aromatic rings. The maximum absolute atomic E-state index is 9.85. The fourth-order valence-electron chi connectivity index (χ4n) is 1.55. The number of aliphatic hydroxyl groups is 1. The topological polar surface area (TPSA) is 50.4 Å². The number of nitrogens with zero attached hydrogens (tertiary/aromatic N) is 3. The normalized spacial score (nSPS) is 13.3. The molecular formula is C10H13N3O. The van der Waals surface area contributed by atoms with Crippen molar-refractivity contribution in [2.75, 3.05) is 0 Å². The van der Waals surface area contributed by atoms with Crippen LogP contribution in [0, 0.1) is 0 Å². The molecule has 4 nitrogen and oxygen atoms in total. The van der Waals surface area contributed by atoms with E-state index < -0.39 is 6.10 Å². The third kappa shape index (κ3) is 1.48. The number of hydrogen-bond donors (Lipinski definition) is 1. The summed E-state index contributed by atoms with van der Waals surface area (Å²) in [6, 6.07) is 5.71. The van der Waals surface area contributed by atoms with Crippen molar-refractivity contribution in [3.63, 3.8) is 0 Å². The molecule has 0 spiro atoms. The smallest absolute Gasteiger partial charge is 0.0961 e. The quantitative estimate of drug-likeness (QED) is 0.801. The van der Waals surface area contributed by atoms with E-state index in [4.69, 9.17) is 0 Å². The lowest BCUT2D eigenvalue weighted by molar-refractivity contribution is 0.159. The Bertz CT molecular complexity index is 424. The van der Waals surface area contributed by atoms with Crippen LogP contribution in [0.15, 0.2) is 24.4 Å². The van der Waals surface area contributed by atoms with Crippen LogP contribution in [-0.2, 0) is 0 Å². The van der Waals surface area contributed by atoms with Crippen molar-refractivity contribution in [3.05, 3.63) is 30.1 Å². The van der Waals surface area contributed by atoms with Crippen LogP contribution in [0.5, 0.6) is 0 Å². The van der Waals surface area contributed by atoms with Crippen molar-refractivity contribution in [2.24, 2.45) is 0 Å². The van der Waals surface area contributed by atoms with Crippen LogP contribution in [0.25, 0.3) is 5.52 Å². The van der Waals surface area contributed by atoms with E-state index in [2.05, 4.69) is 10.3 Å². The summed E-state index contributed by atoms with van der Waals surface area (Å²) < 4.78 is 1.68. The molecule has 2 aromatic heterocycles. The number of fused-ring (bicyclic) bond motifs is 1. The van der Waals surface area contributed by atoms with E-state index in [9.17, 15) is 5.11 Å². The standard InChI is InChI=1S/C10H13N3O/c1-2-4-10(14)9-6-3-5-8-7-11-12-13(8)9/h3,5-7,10,14H,2,4H2,1H3/t10-/m1/s1. The van der Waals surface area contributed by atoms with Gasteiger partial charge in [-0.2, -0.15) is 0 Å². The number of hydrogen-bond acceptors (Lipinski definition) is 3. The highest BCUT2D eigenvalue weighted by Crippen LogP contribution is 2.18. The minimum atomic E-state index is -0.453. The van der Waals surface area contributed by atoms with Gasteiger partial charge in [-0.25, -0.2) is 4.52 Å². The Balaban J connectivity index is 2.45. The lowest BCUT2D eigenvalue weighted by atomic mass is 10.1. The molecule has 0 aliphatic heterocycles. The molecule has 2 heterocycles. The SMILES string of the molecule is CCC[C@@H](O)c1cccc2cnnn12. The third-order valence-corrected chi connectivity index (χ3v) is 2.26. The number of pyridine rings is 1. The molecule has 2 rings (SSSR count). The van der Waals surface area contributed by atoms with E-state index in [-0.39, 0.29) is 0 Å². The fraction of sp³-hybridized carbons (Fsp3) is 0.400. The molecule has 0 aliphatic carbocycles. The molecule has 1 N–H and O–H groups in total. The van der Waals surface area contributed by atoms with Crippen LogP contribution in [0.4, 0.5) is 0 Å². The molecule has 0 aliphatic rings. The van der Waals surface area contributed by atoms with E-state index in [1.54, 1.807) is 10.7 Å². The van der Waals surface area contributed by atoms with Gasteiger partial charge in [-0.15, -0.1) is 5.10 Å². The van der Waals surface area contributed by atoms with Gasteiger partial charge >= 0.3 is 0 Å². The van der Waals surface area contributed by atoms with Crippen molar-refractivity contribution in [1.29, 1.82) is 0 Å².